The number of halogens is 1. The number of aryl methyl sites for hydroxylation is 1. The highest BCUT2D eigenvalue weighted by molar-refractivity contribution is 6.31. The highest BCUT2D eigenvalue weighted by Gasteiger charge is 2.31. The zero-order valence-corrected chi connectivity index (χ0v) is 14.5. The van der Waals surface area contributed by atoms with Gasteiger partial charge in [-0.2, -0.15) is 5.10 Å². The van der Waals surface area contributed by atoms with Crippen LogP contribution in [0.2, 0.25) is 5.02 Å². The van der Waals surface area contributed by atoms with Crippen molar-refractivity contribution < 1.29 is 0 Å². The SMILES string of the molecule is CCCNC(c1c(Cl)cnn1CC)C1CCC(CC)CC1. The third kappa shape index (κ3) is 4.01. The van der Waals surface area contributed by atoms with Crippen LogP contribution < -0.4 is 5.32 Å². The molecule has 4 heteroatoms. The fourth-order valence-corrected chi connectivity index (χ4v) is 3.91. The Bertz CT molecular complexity index is 422. The Morgan fingerprint density at radius 1 is 1.29 bits per heavy atom. The van der Waals surface area contributed by atoms with E-state index in [1.54, 1.807) is 6.20 Å². The number of rotatable bonds is 7. The second-order valence-electron chi connectivity index (χ2n) is 6.31. The molecule has 1 fully saturated rings. The van der Waals surface area contributed by atoms with Crippen molar-refractivity contribution >= 4 is 11.6 Å². The summed E-state index contributed by atoms with van der Waals surface area (Å²) in [5.41, 5.74) is 1.20. The van der Waals surface area contributed by atoms with Gasteiger partial charge in [0.15, 0.2) is 0 Å². The van der Waals surface area contributed by atoms with E-state index in [1.165, 1.54) is 37.8 Å². The molecule has 0 bridgehead atoms. The highest BCUT2D eigenvalue weighted by Crippen LogP contribution is 2.39. The average Bonchev–Trinajstić information content (AvgIpc) is 2.89. The third-order valence-electron chi connectivity index (χ3n) is 4.98. The number of nitrogens with one attached hydrogen (secondary N) is 1. The lowest BCUT2D eigenvalue weighted by molar-refractivity contribution is 0.213. The largest absolute Gasteiger partial charge is 0.308 e. The standard InChI is InChI=1S/C17H30ClN3/c1-4-11-19-16(14-9-7-13(5-2)8-10-14)17-15(18)12-20-21(17)6-3/h12-14,16,19H,4-11H2,1-3H3. The second-order valence-corrected chi connectivity index (χ2v) is 6.72. The molecule has 1 unspecified atom stereocenters. The Morgan fingerprint density at radius 2 is 2.00 bits per heavy atom. The van der Waals surface area contributed by atoms with Crippen molar-refractivity contribution in [2.24, 2.45) is 11.8 Å². The van der Waals surface area contributed by atoms with Gasteiger partial charge >= 0.3 is 0 Å². The molecule has 1 atom stereocenters. The Kier molecular flexibility index (Phi) is 6.56. The lowest BCUT2D eigenvalue weighted by Crippen LogP contribution is -2.33. The van der Waals surface area contributed by atoms with E-state index in [-0.39, 0.29) is 0 Å². The van der Waals surface area contributed by atoms with Gasteiger partial charge in [0, 0.05) is 6.54 Å². The van der Waals surface area contributed by atoms with Crippen molar-refractivity contribution in [2.75, 3.05) is 6.54 Å². The maximum absolute atomic E-state index is 6.45. The summed E-state index contributed by atoms with van der Waals surface area (Å²) in [4.78, 5) is 0. The molecule has 120 valence electrons. The first-order valence-corrected chi connectivity index (χ1v) is 9.03. The molecule has 1 aromatic heterocycles. The zero-order chi connectivity index (χ0) is 15.2. The van der Waals surface area contributed by atoms with E-state index in [4.69, 9.17) is 11.6 Å². The predicted octanol–water partition coefficient (Wildman–Crippen LogP) is 4.81. The Hall–Kier alpha value is -0.540. The number of hydrogen-bond acceptors (Lipinski definition) is 2. The van der Waals surface area contributed by atoms with Crippen LogP contribution in [0.1, 0.15) is 71.0 Å². The quantitative estimate of drug-likeness (QED) is 0.783. The van der Waals surface area contributed by atoms with Gasteiger partial charge < -0.3 is 5.32 Å². The van der Waals surface area contributed by atoms with Gasteiger partial charge in [0.05, 0.1) is 23.0 Å². The minimum Gasteiger partial charge on any atom is -0.308 e. The van der Waals surface area contributed by atoms with Crippen molar-refractivity contribution in [3.63, 3.8) is 0 Å². The molecule has 0 aliphatic heterocycles. The topological polar surface area (TPSA) is 29.9 Å². The summed E-state index contributed by atoms with van der Waals surface area (Å²) in [6, 6.07) is 0.359. The van der Waals surface area contributed by atoms with E-state index in [9.17, 15) is 0 Å². The fourth-order valence-electron chi connectivity index (χ4n) is 3.65. The Labute approximate surface area is 134 Å². The first-order valence-electron chi connectivity index (χ1n) is 8.65. The maximum Gasteiger partial charge on any atom is 0.0834 e. The van der Waals surface area contributed by atoms with Crippen LogP contribution in [0.3, 0.4) is 0 Å². The maximum atomic E-state index is 6.45. The van der Waals surface area contributed by atoms with Crippen molar-refractivity contribution in [1.82, 2.24) is 15.1 Å². The molecule has 21 heavy (non-hydrogen) atoms. The van der Waals surface area contributed by atoms with Crippen molar-refractivity contribution in [2.45, 2.75) is 71.9 Å². The molecule has 0 saturated heterocycles. The molecule has 1 aromatic rings. The highest BCUT2D eigenvalue weighted by atomic mass is 35.5. The first-order chi connectivity index (χ1) is 10.2. The molecule has 0 aromatic carbocycles. The molecule has 1 aliphatic carbocycles. The summed E-state index contributed by atoms with van der Waals surface area (Å²) >= 11 is 6.45. The summed E-state index contributed by atoms with van der Waals surface area (Å²) in [6.07, 6.45) is 9.63. The van der Waals surface area contributed by atoms with Gasteiger partial charge in [-0.3, -0.25) is 4.68 Å². The van der Waals surface area contributed by atoms with Crippen molar-refractivity contribution in [3.05, 3.63) is 16.9 Å². The molecular weight excluding hydrogens is 282 g/mol. The van der Waals surface area contributed by atoms with Crippen LogP contribution in [0.25, 0.3) is 0 Å². The molecule has 1 saturated carbocycles. The number of hydrogen-bond donors (Lipinski definition) is 1. The Balaban J connectivity index is 2.16. The molecule has 1 heterocycles. The van der Waals surface area contributed by atoms with Gasteiger partial charge in [-0.05, 0) is 44.6 Å². The molecular formula is C17H30ClN3. The summed E-state index contributed by atoms with van der Waals surface area (Å²) in [5, 5.41) is 9.00. The summed E-state index contributed by atoms with van der Waals surface area (Å²) in [5.74, 6) is 1.62. The predicted molar refractivity (Wildman–Crippen MR) is 89.7 cm³/mol. The van der Waals surface area contributed by atoms with E-state index in [0.29, 0.717) is 12.0 Å². The van der Waals surface area contributed by atoms with Crippen LogP contribution in [0.5, 0.6) is 0 Å². The van der Waals surface area contributed by atoms with Crippen molar-refractivity contribution in [3.8, 4) is 0 Å². The van der Waals surface area contributed by atoms with Gasteiger partial charge in [0.2, 0.25) is 0 Å². The monoisotopic (exact) mass is 311 g/mol. The van der Waals surface area contributed by atoms with E-state index in [2.05, 4.69) is 35.9 Å². The van der Waals surface area contributed by atoms with Crippen LogP contribution in [0.15, 0.2) is 6.20 Å². The van der Waals surface area contributed by atoms with Crippen LogP contribution in [-0.4, -0.2) is 16.3 Å². The second kappa shape index (κ2) is 8.19. The lowest BCUT2D eigenvalue weighted by Gasteiger charge is -2.34. The fraction of sp³-hybridized carbons (Fsp3) is 0.824. The Morgan fingerprint density at radius 3 is 2.57 bits per heavy atom. The molecule has 1 aliphatic rings. The molecule has 2 rings (SSSR count). The van der Waals surface area contributed by atoms with E-state index in [0.717, 1.165) is 30.5 Å². The van der Waals surface area contributed by atoms with Gasteiger partial charge in [0.25, 0.3) is 0 Å². The van der Waals surface area contributed by atoms with Gasteiger partial charge in [-0.1, -0.05) is 44.7 Å². The molecule has 0 radical (unpaired) electrons. The zero-order valence-electron chi connectivity index (χ0n) is 13.7. The van der Waals surface area contributed by atoms with Crippen LogP contribution in [0.4, 0.5) is 0 Å². The summed E-state index contributed by atoms with van der Waals surface area (Å²) in [7, 11) is 0. The molecule has 1 N–H and O–H groups in total. The minimum absolute atomic E-state index is 0.359. The normalized spacial score (nSPS) is 24.2. The van der Waals surface area contributed by atoms with Gasteiger partial charge in [0.1, 0.15) is 0 Å². The van der Waals surface area contributed by atoms with Crippen LogP contribution in [-0.2, 0) is 6.54 Å². The first kappa shape index (κ1) is 16.8. The van der Waals surface area contributed by atoms with E-state index in [1.807, 2.05) is 0 Å². The third-order valence-corrected chi connectivity index (χ3v) is 5.27. The van der Waals surface area contributed by atoms with Crippen LogP contribution >= 0.6 is 11.6 Å². The molecule has 0 spiro atoms. The molecule has 3 nitrogen and oxygen atoms in total. The van der Waals surface area contributed by atoms with Gasteiger partial charge in [-0.15, -0.1) is 0 Å². The van der Waals surface area contributed by atoms with Crippen molar-refractivity contribution in [1.29, 1.82) is 0 Å². The number of nitrogens with zero attached hydrogens (tertiary/aromatic N) is 2. The summed E-state index contributed by atoms with van der Waals surface area (Å²) < 4.78 is 2.07. The minimum atomic E-state index is 0.359. The lowest BCUT2D eigenvalue weighted by atomic mass is 9.77. The van der Waals surface area contributed by atoms with E-state index >= 15 is 0 Å². The van der Waals surface area contributed by atoms with Crippen LogP contribution in [0, 0.1) is 11.8 Å². The van der Waals surface area contributed by atoms with Gasteiger partial charge in [-0.25, -0.2) is 0 Å². The van der Waals surface area contributed by atoms with E-state index < -0.39 is 0 Å². The molecule has 0 amide bonds. The number of aromatic nitrogens is 2. The average molecular weight is 312 g/mol. The summed E-state index contributed by atoms with van der Waals surface area (Å²) in [6.45, 7) is 8.61. The smallest absolute Gasteiger partial charge is 0.0834 e.